The number of carbonyl (C=O) groups excluding carboxylic acids is 2. The van der Waals surface area contributed by atoms with E-state index in [4.69, 9.17) is 24.3 Å². The summed E-state index contributed by atoms with van der Waals surface area (Å²) >= 11 is 0. The predicted molar refractivity (Wildman–Crippen MR) is 219 cm³/mol. The maximum atomic E-state index is 12.6. The van der Waals surface area contributed by atoms with E-state index in [9.17, 15) is 19.0 Å². The number of ether oxygens (including phenoxy) is 2. The Morgan fingerprint density at radius 3 is 1.45 bits per heavy atom. The molecule has 0 aliphatic heterocycles. The van der Waals surface area contributed by atoms with Gasteiger partial charge in [-0.1, -0.05) is 131 Å². The summed E-state index contributed by atoms with van der Waals surface area (Å²) in [6.07, 6.45) is 47.5. The fraction of sp³-hybridized carbons (Fsp3) is 0.628. The summed E-state index contributed by atoms with van der Waals surface area (Å²) in [6, 6.07) is 0. The Morgan fingerprint density at radius 1 is 0.566 bits per heavy atom. The van der Waals surface area contributed by atoms with E-state index in [2.05, 4.69) is 98.9 Å². The number of unbranched alkanes of at least 4 members (excludes halogenated alkanes) is 9. The van der Waals surface area contributed by atoms with Gasteiger partial charge in [-0.05, 0) is 83.5 Å². The molecule has 0 bridgehead atoms. The van der Waals surface area contributed by atoms with E-state index < -0.39 is 32.5 Å². The van der Waals surface area contributed by atoms with Crippen molar-refractivity contribution >= 4 is 19.8 Å². The Labute approximate surface area is 322 Å². The molecule has 0 spiro atoms. The Morgan fingerprint density at radius 2 is 0.981 bits per heavy atom. The summed E-state index contributed by atoms with van der Waals surface area (Å²) < 4.78 is 32.7. The van der Waals surface area contributed by atoms with Gasteiger partial charge in [-0.25, -0.2) is 4.57 Å². The smallest absolute Gasteiger partial charge is 0.462 e. The third-order valence-electron chi connectivity index (χ3n) is 7.78. The van der Waals surface area contributed by atoms with Crippen LogP contribution in [0.25, 0.3) is 0 Å². The molecule has 0 heterocycles. The highest BCUT2D eigenvalue weighted by Gasteiger charge is 2.25. The first-order valence-electron chi connectivity index (χ1n) is 20.1. The van der Waals surface area contributed by atoms with Crippen LogP contribution < -0.4 is 5.73 Å². The van der Waals surface area contributed by atoms with Gasteiger partial charge >= 0.3 is 19.8 Å². The fourth-order valence-electron chi connectivity index (χ4n) is 4.87. The topological polar surface area (TPSA) is 134 Å². The van der Waals surface area contributed by atoms with Crippen molar-refractivity contribution in [2.45, 2.75) is 148 Å². The molecule has 2 atom stereocenters. The van der Waals surface area contributed by atoms with Gasteiger partial charge in [0.15, 0.2) is 6.10 Å². The molecular formula is C43H72NO8P. The lowest BCUT2D eigenvalue weighted by Gasteiger charge is -2.19. The van der Waals surface area contributed by atoms with Crippen LogP contribution in [0.4, 0.5) is 0 Å². The van der Waals surface area contributed by atoms with Crippen LogP contribution >= 0.6 is 7.82 Å². The number of hydrogen-bond donors (Lipinski definition) is 2. The highest BCUT2D eigenvalue weighted by Crippen LogP contribution is 2.43. The van der Waals surface area contributed by atoms with E-state index in [1.165, 1.54) is 0 Å². The first-order valence-corrected chi connectivity index (χ1v) is 21.6. The molecule has 0 rings (SSSR count). The van der Waals surface area contributed by atoms with Gasteiger partial charge in [-0.2, -0.15) is 0 Å². The standard InChI is InChI=1S/C43H72NO8P/c1-3-5-7-9-11-13-15-17-19-20-22-24-26-28-30-32-34-36-43(46)52-41(40-51-53(47,48)50-38-37-44)39-49-42(45)35-33-31-29-27-25-23-21-18-16-14-12-10-8-6-4-2/h5-8,11-14,17-19,21-22,24,41H,3-4,9-10,15-16,20,23,25-40,44H2,1-2H3,(H,47,48)/t41-/m1/s1. The van der Waals surface area contributed by atoms with Crippen molar-refractivity contribution in [2.75, 3.05) is 26.4 Å². The molecule has 1 unspecified atom stereocenters. The number of nitrogens with two attached hydrogens (primary N) is 1. The molecule has 0 aromatic heterocycles. The van der Waals surface area contributed by atoms with Crippen molar-refractivity contribution < 1.29 is 37.6 Å². The highest BCUT2D eigenvalue weighted by molar-refractivity contribution is 7.47. The summed E-state index contributed by atoms with van der Waals surface area (Å²) in [6.45, 7) is 3.43. The molecule has 3 N–H and O–H groups in total. The maximum Gasteiger partial charge on any atom is 0.472 e. The van der Waals surface area contributed by atoms with Crippen molar-refractivity contribution in [2.24, 2.45) is 5.73 Å². The van der Waals surface area contributed by atoms with Crippen molar-refractivity contribution in [3.8, 4) is 0 Å². The molecule has 0 aromatic carbocycles. The first kappa shape index (κ1) is 50.2. The van der Waals surface area contributed by atoms with Crippen LogP contribution in [0.1, 0.15) is 142 Å². The molecular weight excluding hydrogens is 689 g/mol. The number of phosphoric ester groups is 1. The normalized spacial score (nSPS) is 14.3. The van der Waals surface area contributed by atoms with Crippen LogP contribution in [0.15, 0.2) is 85.1 Å². The molecule has 0 radical (unpaired) electrons. The molecule has 302 valence electrons. The van der Waals surface area contributed by atoms with Crippen molar-refractivity contribution in [1.29, 1.82) is 0 Å². The monoisotopic (exact) mass is 761 g/mol. The summed E-state index contributed by atoms with van der Waals surface area (Å²) in [5, 5.41) is 0. The lowest BCUT2D eigenvalue weighted by Crippen LogP contribution is -2.29. The van der Waals surface area contributed by atoms with Crippen molar-refractivity contribution in [3.63, 3.8) is 0 Å². The number of phosphoric acid groups is 1. The predicted octanol–water partition coefficient (Wildman–Crippen LogP) is 11.3. The summed E-state index contributed by atoms with van der Waals surface area (Å²) in [4.78, 5) is 34.8. The highest BCUT2D eigenvalue weighted by atomic mass is 31.2. The van der Waals surface area contributed by atoms with Crippen LogP contribution in [0.5, 0.6) is 0 Å². The van der Waals surface area contributed by atoms with Gasteiger partial charge in [0.2, 0.25) is 0 Å². The molecule has 9 nitrogen and oxygen atoms in total. The molecule has 10 heteroatoms. The number of hydrogen-bond acceptors (Lipinski definition) is 8. The molecule has 0 saturated heterocycles. The number of rotatable bonds is 36. The van der Waals surface area contributed by atoms with Gasteiger partial charge < -0.3 is 20.1 Å². The Kier molecular flexibility index (Phi) is 36.8. The van der Waals surface area contributed by atoms with Crippen molar-refractivity contribution in [3.05, 3.63) is 85.1 Å². The van der Waals surface area contributed by atoms with Crippen LogP contribution in [-0.2, 0) is 32.7 Å². The van der Waals surface area contributed by atoms with Gasteiger partial charge in [0.25, 0.3) is 0 Å². The van der Waals surface area contributed by atoms with Gasteiger partial charge in [0.05, 0.1) is 13.2 Å². The minimum Gasteiger partial charge on any atom is -0.462 e. The summed E-state index contributed by atoms with van der Waals surface area (Å²) in [7, 11) is -4.39. The maximum absolute atomic E-state index is 12.6. The van der Waals surface area contributed by atoms with Crippen LogP contribution in [-0.4, -0.2) is 49.3 Å². The molecule has 0 amide bonds. The van der Waals surface area contributed by atoms with Crippen molar-refractivity contribution in [1.82, 2.24) is 0 Å². The van der Waals surface area contributed by atoms with Crippen LogP contribution in [0.3, 0.4) is 0 Å². The largest absolute Gasteiger partial charge is 0.472 e. The summed E-state index contributed by atoms with van der Waals surface area (Å²) in [5.74, 6) is -0.887. The first-order chi connectivity index (χ1) is 25.8. The minimum atomic E-state index is -4.39. The molecule has 53 heavy (non-hydrogen) atoms. The molecule has 0 aliphatic rings. The molecule has 0 saturated carbocycles. The average Bonchev–Trinajstić information content (AvgIpc) is 3.14. The van der Waals surface area contributed by atoms with E-state index in [0.29, 0.717) is 12.8 Å². The Hall–Kier alpha value is -2.81. The zero-order valence-electron chi connectivity index (χ0n) is 33.0. The van der Waals surface area contributed by atoms with E-state index >= 15 is 0 Å². The number of allylic oxidation sites excluding steroid dienone is 14. The molecule has 0 aromatic rings. The minimum absolute atomic E-state index is 0.0415. The lowest BCUT2D eigenvalue weighted by atomic mass is 10.1. The zero-order valence-corrected chi connectivity index (χ0v) is 33.9. The van der Waals surface area contributed by atoms with Gasteiger partial charge in [0, 0.05) is 19.4 Å². The Balaban J connectivity index is 4.29. The number of esters is 2. The van der Waals surface area contributed by atoms with Crippen LogP contribution in [0.2, 0.25) is 0 Å². The second-order valence-electron chi connectivity index (χ2n) is 12.7. The van der Waals surface area contributed by atoms with E-state index in [-0.39, 0.29) is 32.6 Å². The number of carbonyl (C=O) groups is 2. The SMILES string of the molecule is CCC=CCC=CCC=CCC=CCCCCCCC(=O)O[C@H](COC(=O)CCCCCCCC=CCC=CCC=CCC)COP(=O)(O)OCCN. The second kappa shape index (κ2) is 38.9. The second-order valence-corrected chi connectivity index (χ2v) is 14.2. The average molecular weight is 762 g/mol. The third-order valence-corrected chi connectivity index (χ3v) is 8.76. The van der Waals surface area contributed by atoms with Crippen LogP contribution in [0, 0.1) is 0 Å². The lowest BCUT2D eigenvalue weighted by molar-refractivity contribution is -0.161. The zero-order chi connectivity index (χ0) is 38.9. The molecule has 0 aliphatic carbocycles. The van der Waals surface area contributed by atoms with Gasteiger partial charge in [0.1, 0.15) is 6.61 Å². The van der Waals surface area contributed by atoms with Gasteiger partial charge in [-0.3, -0.25) is 18.6 Å². The Bertz CT molecular complexity index is 1140. The fourth-order valence-corrected chi connectivity index (χ4v) is 5.64. The molecule has 0 fully saturated rings. The van der Waals surface area contributed by atoms with Gasteiger partial charge in [-0.15, -0.1) is 0 Å². The quantitative estimate of drug-likeness (QED) is 0.0277. The van der Waals surface area contributed by atoms with E-state index in [1.807, 2.05) is 0 Å². The van der Waals surface area contributed by atoms with E-state index in [1.54, 1.807) is 0 Å². The third kappa shape index (κ3) is 38.7. The summed E-state index contributed by atoms with van der Waals surface area (Å²) in [5.41, 5.74) is 5.33. The van der Waals surface area contributed by atoms with E-state index in [0.717, 1.165) is 103 Å².